The lowest BCUT2D eigenvalue weighted by atomic mass is 10.1. The molecule has 0 atom stereocenters. The number of hydrogen-bond acceptors (Lipinski definition) is 6. The Morgan fingerprint density at radius 2 is 1.71 bits per heavy atom. The predicted molar refractivity (Wildman–Crippen MR) is 151 cm³/mol. The van der Waals surface area contributed by atoms with Crippen molar-refractivity contribution in [3.63, 3.8) is 0 Å². The van der Waals surface area contributed by atoms with Crippen molar-refractivity contribution in [1.82, 2.24) is 5.43 Å². The highest BCUT2D eigenvalue weighted by molar-refractivity contribution is 9.10. The second-order valence-electron chi connectivity index (χ2n) is 8.07. The molecule has 9 heteroatoms. The fraction of sp³-hybridized carbons (Fsp3) is 0.138. The van der Waals surface area contributed by atoms with E-state index < -0.39 is 11.8 Å². The van der Waals surface area contributed by atoms with Gasteiger partial charge < -0.3 is 19.5 Å². The van der Waals surface area contributed by atoms with Gasteiger partial charge in [-0.1, -0.05) is 42.5 Å². The van der Waals surface area contributed by atoms with Gasteiger partial charge in [0.15, 0.2) is 11.5 Å². The molecule has 0 aliphatic carbocycles. The number of methoxy groups -OCH3 is 1. The molecule has 38 heavy (non-hydrogen) atoms. The third kappa shape index (κ3) is 6.68. The average molecular weight is 576 g/mol. The van der Waals surface area contributed by atoms with Crippen molar-refractivity contribution in [1.29, 1.82) is 0 Å². The number of carbonyl (C=O) groups is 2. The van der Waals surface area contributed by atoms with Crippen molar-refractivity contribution < 1.29 is 23.8 Å². The minimum absolute atomic E-state index is 0.350. The molecule has 4 rings (SSSR count). The summed E-state index contributed by atoms with van der Waals surface area (Å²) in [5.74, 6) is -0.0541. The first-order valence-corrected chi connectivity index (χ1v) is 12.6. The van der Waals surface area contributed by atoms with Crippen molar-refractivity contribution in [2.24, 2.45) is 5.10 Å². The highest BCUT2D eigenvalue weighted by Crippen LogP contribution is 2.37. The van der Waals surface area contributed by atoms with Crippen LogP contribution in [0.25, 0.3) is 10.8 Å². The molecule has 2 N–H and O–H groups in total. The summed E-state index contributed by atoms with van der Waals surface area (Å²) in [5, 5.41) is 8.66. The molecule has 0 aliphatic rings. The number of amides is 2. The number of hydrogen-bond donors (Lipinski definition) is 2. The Morgan fingerprint density at radius 3 is 2.47 bits per heavy atom. The van der Waals surface area contributed by atoms with Crippen LogP contribution in [0, 0.1) is 0 Å². The minimum Gasteiger partial charge on any atom is -0.494 e. The predicted octanol–water partition coefficient (Wildman–Crippen LogP) is 5.68. The van der Waals surface area contributed by atoms with E-state index in [0.717, 1.165) is 16.3 Å². The Labute approximate surface area is 228 Å². The van der Waals surface area contributed by atoms with Gasteiger partial charge in [-0.2, -0.15) is 5.10 Å². The molecule has 4 aromatic rings. The molecule has 8 nitrogen and oxygen atoms in total. The molecule has 0 saturated heterocycles. The van der Waals surface area contributed by atoms with E-state index in [9.17, 15) is 9.59 Å². The minimum atomic E-state index is -0.906. The maximum atomic E-state index is 12.2. The summed E-state index contributed by atoms with van der Waals surface area (Å²) in [5.41, 5.74) is 4.36. The number of carbonyl (C=O) groups excluding carboxylic acids is 2. The van der Waals surface area contributed by atoms with Crippen molar-refractivity contribution in [3.8, 4) is 17.2 Å². The van der Waals surface area contributed by atoms with Gasteiger partial charge in [-0.05, 0) is 81.2 Å². The maximum absolute atomic E-state index is 12.2. The van der Waals surface area contributed by atoms with Gasteiger partial charge in [0, 0.05) is 5.69 Å². The number of rotatable bonds is 9. The second kappa shape index (κ2) is 12.7. The van der Waals surface area contributed by atoms with E-state index in [4.69, 9.17) is 14.2 Å². The SMILES string of the molecule is CCOc1ccc(NC(=O)C(=O)NN=Cc2cc(Br)c(OCc3cccc4ccccc34)c(OC)c2)cc1. The Hall–Kier alpha value is -4.37. The number of nitrogens with one attached hydrogen (secondary N) is 2. The molecule has 4 aromatic carbocycles. The van der Waals surface area contributed by atoms with Gasteiger partial charge in [0.05, 0.1) is 24.4 Å². The summed E-state index contributed by atoms with van der Waals surface area (Å²) in [6.07, 6.45) is 1.41. The fourth-order valence-corrected chi connectivity index (χ4v) is 4.30. The molecule has 0 fully saturated rings. The molecule has 0 spiro atoms. The summed E-state index contributed by atoms with van der Waals surface area (Å²) < 4.78 is 17.6. The number of ether oxygens (including phenoxy) is 3. The lowest BCUT2D eigenvalue weighted by Gasteiger charge is -2.14. The van der Waals surface area contributed by atoms with Crippen LogP contribution in [0.3, 0.4) is 0 Å². The van der Waals surface area contributed by atoms with E-state index in [1.54, 1.807) is 43.5 Å². The summed E-state index contributed by atoms with van der Waals surface area (Å²) in [6, 6.07) is 24.4. The van der Waals surface area contributed by atoms with Crippen LogP contribution in [-0.4, -0.2) is 31.7 Å². The van der Waals surface area contributed by atoms with Gasteiger partial charge in [0.25, 0.3) is 0 Å². The summed E-state index contributed by atoms with van der Waals surface area (Å²) >= 11 is 3.53. The second-order valence-corrected chi connectivity index (χ2v) is 8.93. The monoisotopic (exact) mass is 575 g/mol. The zero-order valence-corrected chi connectivity index (χ0v) is 22.4. The van der Waals surface area contributed by atoms with Crippen LogP contribution in [0.5, 0.6) is 17.2 Å². The molecule has 0 unspecified atom stereocenters. The van der Waals surface area contributed by atoms with E-state index in [1.165, 1.54) is 6.21 Å². The van der Waals surface area contributed by atoms with E-state index in [-0.39, 0.29) is 0 Å². The number of halogens is 1. The van der Waals surface area contributed by atoms with E-state index >= 15 is 0 Å². The van der Waals surface area contributed by atoms with Gasteiger partial charge >= 0.3 is 11.8 Å². The number of nitrogens with zero attached hydrogens (tertiary/aromatic N) is 1. The van der Waals surface area contributed by atoms with Gasteiger partial charge in [-0.25, -0.2) is 5.43 Å². The number of benzene rings is 4. The Bertz CT molecular complexity index is 1470. The lowest BCUT2D eigenvalue weighted by Crippen LogP contribution is -2.32. The normalized spacial score (nSPS) is 10.8. The number of anilines is 1. The molecule has 0 heterocycles. The van der Waals surface area contributed by atoms with Crippen LogP contribution in [0.1, 0.15) is 18.1 Å². The summed E-state index contributed by atoms with van der Waals surface area (Å²) in [6.45, 7) is 2.77. The first kappa shape index (κ1) is 26.7. The molecule has 194 valence electrons. The Kier molecular flexibility index (Phi) is 8.94. The van der Waals surface area contributed by atoms with E-state index in [0.29, 0.717) is 46.2 Å². The number of fused-ring (bicyclic) bond motifs is 1. The maximum Gasteiger partial charge on any atom is 0.329 e. The summed E-state index contributed by atoms with van der Waals surface area (Å²) in [4.78, 5) is 24.3. The standard InChI is InChI=1S/C29H26BrN3O5/c1-3-37-23-13-11-22(12-14-23)32-28(34)29(35)33-31-17-19-15-25(30)27(26(16-19)36-2)38-18-21-9-6-8-20-7-4-5-10-24(20)21/h4-17H,3,18H2,1-2H3,(H,32,34)(H,33,35). The van der Waals surface area contributed by atoms with E-state index in [2.05, 4.69) is 50.0 Å². The molecule has 0 bridgehead atoms. The van der Waals surface area contributed by atoms with Crippen LogP contribution in [0.15, 0.2) is 88.4 Å². The van der Waals surface area contributed by atoms with Crippen molar-refractivity contribution in [3.05, 3.63) is 94.5 Å². The van der Waals surface area contributed by atoms with Gasteiger partial charge in [0.2, 0.25) is 0 Å². The summed E-state index contributed by atoms with van der Waals surface area (Å²) in [7, 11) is 1.54. The molecular weight excluding hydrogens is 550 g/mol. The molecule has 0 radical (unpaired) electrons. The van der Waals surface area contributed by atoms with Crippen LogP contribution >= 0.6 is 15.9 Å². The largest absolute Gasteiger partial charge is 0.494 e. The molecule has 0 aliphatic heterocycles. The van der Waals surface area contributed by atoms with Gasteiger partial charge in [-0.3, -0.25) is 9.59 Å². The van der Waals surface area contributed by atoms with Crippen LogP contribution in [0.2, 0.25) is 0 Å². The highest BCUT2D eigenvalue weighted by Gasteiger charge is 2.14. The Balaban J connectivity index is 1.38. The van der Waals surface area contributed by atoms with Crippen LogP contribution in [-0.2, 0) is 16.2 Å². The van der Waals surface area contributed by atoms with Crippen LogP contribution < -0.4 is 25.0 Å². The van der Waals surface area contributed by atoms with Crippen molar-refractivity contribution >= 4 is 50.4 Å². The zero-order chi connectivity index (χ0) is 26.9. The number of hydrazone groups is 1. The quantitative estimate of drug-likeness (QED) is 0.152. The third-order valence-corrected chi connectivity index (χ3v) is 6.10. The first-order valence-electron chi connectivity index (χ1n) is 11.8. The lowest BCUT2D eigenvalue weighted by molar-refractivity contribution is -0.136. The fourth-order valence-electron chi connectivity index (χ4n) is 3.73. The molecule has 0 saturated carbocycles. The van der Waals surface area contributed by atoms with Gasteiger partial charge in [-0.15, -0.1) is 0 Å². The molecule has 2 amide bonds. The van der Waals surface area contributed by atoms with Gasteiger partial charge in [0.1, 0.15) is 12.4 Å². The van der Waals surface area contributed by atoms with E-state index in [1.807, 2.05) is 31.2 Å². The highest BCUT2D eigenvalue weighted by atomic mass is 79.9. The van der Waals surface area contributed by atoms with Crippen molar-refractivity contribution in [2.75, 3.05) is 19.0 Å². The van der Waals surface area contributed by atoms with Crippen molar-refractivity contribution in [2.45, 2.75) is 13.5 Å². The smallest absolute Gasteiger partial charge is 0.329 e. The van der Waals surface area contributed by atoms with Crippen LogP contribution in [0.4, 0.5) is 5.69 Å². The first-order chi connectivity index (χ1) is 18.5. The molecular formula is C29H26BrN3O5. The zero-order valence-electron chi connectivity index (χ0n) is 20.9. The third-order valence-electron chi connectivity index (χ3n) is 5.51. The Morgan fingerprint density at radius 1 is 0.947 bits per heavy atom. The average Bonchev–Trinajstić information content (AvgIpc) is 2.93. The topological polar surface area (TPSA) is 98.2 Å². The molecule has 0 aromatic heterocycles.